The number of carbonyl (C=O) groups excluding carboxylic acids is 1. The van der Waals surface area contributed by atoms with E-state index in [9.17, 15) is 4.79 Å². The van der Waals surface area contributed by atoms with Crippen molar-refractivity contribution in [3.05, 3.63) is 53.2 Å². The van der Waals surface area contributed by atoms with E-state index >= 15 is 0 Å². The van der Waals surface area contributed by atoms with Crippen molar-refractivity contribution in [2.45, 2.75) is 6.92 Å². The van der Waals surface area contributed by atoms with Crippen molar-refractivity contribution in [3.8, 4) is 5.75 Å². The van der Waals surface area contributed by atoms with Gasteiger partial charge in [-0.15, -0.1) is 0 Å². The molecule has 2 heterocycles. The summed E-state index contributed by atoms with van der Waals surface area (Å²) >= 11 is 6.44. The van der Waals surface area contributed by atoms with Crippen LogP contribution in [0, 0.1) is 0 Å². The van der Waals surface area contributed by atoms with Crippen molar-refractivity contribution in [1.29, 1.82) is 0 Å². The molecule has 7 heteroatoms. The zero-order chi connectivity index (χ0) is 19.5. The average Bonchev–Trinajstić information content (AvgIpc) is 3.15. The number of halogens is 1. The van der Waals surface area contributed by atoms with Crippen LogP contribution in [0.4, 0.5) is 11.4 Å². The molecule has 146 valence electrons. The summed E-state index contributed by atoms with van der Waals surface area (Å²) < 4.78 is 16.7. The lowest BCUT2D eigenvalue weighted by molar-refractivity contribution is 0.0998. The van der Waals surface area contributed by atoms with Crippen LogP contribution in [0.5, 0.6) is 5.75 Å². The highest BCUT2D eigenvalue weighted by atomic mass is 35.5. The van der Waals surface area contributed by atoms with Gasteiger partial charge in [-0.25, -0.2) is 0 Å². The molecule has 0 atom stereocenters. The number of nitrogens with one attached hydrogen (secondary N) is 1. The maximum absolute atomic E-state index is 12.6. The SMILES string of the molecule is CCOc1cccc2cc(C(=O)Nc3ccc(N4CCOCC4)c(Cl)c3)oc12. The Morgan fingerprint density at radius 2 is 2.04 bits per heavy atom. The molecule has 1 aromatic heterocycles. The highest BCUT2D eigenvalue weighted by molar-refractivity contribution is 6.33. The van der Waals surface area contributed by atoms with Crippen molar-refractivity contribution < 1.29 is 18.7 Å². The van der Waals surface area contributed by atoms with E-state index in [0.717, 1.165) is 24.2 Å². The quantitative estimate of drug-likeness (QED) is 0.679. The van der Waals surface area contributed by atoms with Crippen LogP contribution in [-0.2, 0) is 4.74 Å². The summed E-state index contributed by atoms with van der Waals surface area (Å²) in [5, 5.41) is 4.24. The van der Waals surface area contributed by atoms with E-state index in [4.69, 9.17) is 25.5 Å². The molecule has 0 unspecified atom stereocenters. The number of anilines is 2. The Bertz CT molecular complexity index is 995. The van der Waals surface area contributed by atoms with Crippen LogP contribution < -0.4 is 15.0 Å². The van der Waals surface area contributed by atoms with Crippen molar-refractivity contribution in [1.82, 2.24) is 0 Å². The Kier molecular flexibility index (Phi) is 5.41. The molecule has 28 heavy (non-hydrogen) atoms. The average molecular weight is 401 g/mol. The second-order valence-electron chi connectivity index (χ2n) is 6.44. The van der Waals surface area contributed by atoms with Gasteiger partial charge >= 0.3 is 0 Å². The Hall–Kier alpha value is -2.70. The summed E-state index contributed by atoms with van der Waals surface area (Å²) in [7, 11) is 0. The van der Waals surface area contributed by atoms with Gasteiger partial charge in [-0.05, 0) is 37.3 Å². The number of para-hydroxylation sites is 1. The molecule has 1 aliphatic rings. The number of nitrogens with zero attached hydrogens (tertiary/aromatic N) is 1. The van der Waals surface area contributed by atoms with Crippen LogP contribution in [0.15, 0.2) is 46.9 Å². The number of fused-ring (bicyclic) bond motifs is 1. The molecule has 0 saturated carbocycles. The molecule has 0 spiro atoms. The highest BCUT2D eigenvalue weighted by Crippen LogP contribution is 2.31. The van der Waals surface area contributed by atoms with Gasteiger partial charge in [0.2, 0.25) is 0 Å². The van der Waals surface area contributed by atoms with E-state index in [1.807, 2.05) is 37.3 Å². The number of morpholine rings is 1. The van der Waals surface area contributed by atoms with Crippen LogP contribution in [0.3, 0.4) is 0 Å². The normalized spacial score (nSPS) is 14.3. The molecular formula is C21H21ClN2O4. The first-order valence-corrected chi connectivity index (χ1v) is 9.62. The maximum Gasteiger partial charge on any atom is 0.291 e. The van der Waals surface area contributed by atoms with Crippen LogP contribution in [0.2, 0.25) is 5.02 Å². The van der Waals surface area contributed by atoms with Crippen molar-refractivity contribution in [2.75, 3.05) is 43.1 Å². The third-order valence-corrected chi connectivity index (χ3v) is 4.89. The third kappa shape index (κ3) is 3.79. The topological polar surface area (TPSA) is 63.9 Å². The summed E-state index contributed by atoms with van der Waals surface area (Å²) in [6.07, 6.45) is 0. The number of amides is 1. The minimum absolute atomic E-state index is 0.218. The zero-order valence-corrected chi connectivity index (χ0v) is 16.3. The first-order valence-electron chi connectivity index (χ1n) is 9.24. The van der Waals surface area contributed by atoms with Crippen molar-refractivity contribution in [3.63, 3.8) is 0 Å². The second kappa shape index (κ2) is 8.12. The Morgan fingerprint density at radius 1 is 1.21 bits per heavy atom. The largest absolute Gasteiger partial charge is 0.490 e. The van der Waals surface area contributed by atoms with Gasteiger partial charge in [0.25, 0.3) is 5.91 Å². The summed E-state index contributed by atoms with van der Waals surface area (Å²) in [4.78, 5) is 14.8. The van der Waals surface area contributed by atoms with Gasteiger partial charge in [-0.3, -0.25) is 4.79 Å². The number of rotatable bonds is 5. The van der Waals surface area contributed by atoms with Gasteiger partial charge in [0.15, 0.2) is 17.1 Å². The van der Waals surface area contributed by atoms with Crippen LogP contribution >= 0.6 is 11.6 Å². The second-order valence-corrected chi connectivity index (χ2v) is 6.85. The summed E-state index contributed by atoms with van der Waals surface area (Å²) in [5.41, 5.74) is 2.11. The number of hydrogen-bond acceptors (Lipinski definition) is 5. The number of ether oxygens (including phenoxy) is 2. The molecule has 0 aliphatic carbocycles. The molecule has 1 N–H and O–H groups in total. The van der Waals surface area contributed by atoms with Gasteiger partial charge in [-0.2, -0.15) is 0 Å². The van der Waals surface area contributed by atoms with Crippen molar-refractivity contribution >= 4 is 39.9 Å². The van der Waals surface area contributed by atoms with E-state index in [-0.39, 0.29) is 11.7 Å². The molecule has 4 rings (SSSR count). The lowest BCUT2D eigenvalue weighted by Crippen LogP contribution is -2.36. The molecule has 0 radical (unpaired) electrons. The van der Waals surface area contributed by atoms with Gasteiger partial charge in [0.05, 0.1) is 30.5 Å². The van der Waals surface area contributed by atoms with E-state index in [1.54, 1.807) is 12.1 Å². The Morgan fingerprint density at radius 3 is 2.79 bits per heavy atom. The molecular weight excluding hydrogens is 380 g/mol. The lowest BCUT2D eigenvalue weighted by atomic mass is 10.2. The van der Waals surface area contributed by atoms with Crippen LogP contribution in [0.25, 0.3) is 11.0 Å². The lowest BCUT2D eigenvalue weighted by Gasteiger charge is -2.29. The van der Waals surface area contributed by atoms with E-state index < -0.39 is 0 Å². The smallest absolute Gasteiger partial charge is 0.291 e. The van der Waals surface area contributed by atoms with Gasteiger partial charge in [0, 0.05) is 24.2 Å². The molecule has 2 aromatic carbocycles. The van der Waals surface area contributed by atoms with Gasteiger partial charge < -0.3 is 24.1 Å². The Balaban J connectivity index is 1.52. The number of benzene rings is 2. The number of carbonyl (C=O) groups is 1. The molecule has 0 bridgehead atoms. The van der Waals surface area contributed by atoms with Gasteiger partial charge in [-0.1, -0.05) is 23.7 Å². The number of furan rings is 1. The fraction of sp³-hybridized carbons (Fsp3) is 0.286. The molecule has 6 nitrogen and oxygen atoms in total. The molecule has 1 saturated heterocycles. The van der Waals surface area contributed by atoms with Crippen LogP contribution in [-0.4, -0.2) is 38.8 Å². The van der Waals surface area contributed by atoms with E-state index in [2.05, 4.69) is 10.2 Å². The van der Waals surface area contributed by atoms with Crippen molar-refractivity contribution in [2.24, 2.45) is 0 Å². The minimum atomic E-state index is -0.339. The predicted octanol–water partition coefficient (Wildman–Crippen LogP) is 4.57. The molecule has 3 aromatic rings. The fourth-order valence-electron chi connectivity index (χ4n) is 3.26. The van der Waals surface area contributed by atoms with E-state index in [0.29, 0.717) is 41.9 Å². The summed E-state index contributed by atoms with van der Waals surface area (Å²) in [5.74, 6) is 0.501. The standard InChI is InChI=1S/C21H21ClN2O4/c1-2-27-18-5-3-4-14-12-19(28-20(14)18)21(25)23-15-6-7-17(16(22)13-15)24-8-10-26-11-9-24/h3-7,12-13H,2,8-11H2,1H3,(H,23,25). The molecule has 1 aliphatic heterocycles. The molecule has 1 amide bonds. The van der Waals surface area contributed by atoms with Crippen LogP contribution in [0.1, 0.15) is 17.5 Å². The first-order chi connectivity index (χ1) is 13.7. The minimum Gasteiger partial charge on any atom is -0.490 e. The summed E-state index contributed by atoms with van der Waals surface area (Å²) in [6.45, 7) is 5.39. The maximum atomic E-state index is 12.6. The first kappa shape index (κ1) is 18.7. The third-order valence-electron chi connectivity index (χ3n) is 4.59. The Labute approximate surface area is 168 Å². The predicted molar refractivity (Wildman–Crippen MR) is 110 cm³/mol. The van der Waals surface area contributed by atoms with E-state index in [1.165, 1.54) is 0 Å². The number of hydrogen-bond donors (Lipinski definition) is 1. The fourth-order valence-corrected chi connectivity index (χ4v) is 3.56. The van der Waals surface area contributed by atoms with Gasteiger partial charge in [0.1, 0.15) is 0 Å². The molecule has 1 fully saturated rings. The monoisotopic (exact) mass is 400 g/mol. The zero-order valence-electron chi connectivity index (χ0n) is 15.5. The summed E-state index contributed by atoms with van der Waals surface area (Å²) in [6, 6.07) is 12.8. The highest BCUT2D eigenvalue weighted by Gasteiger charge is 2.17.